The minimum Gasteiger partial charge on any atom is -0.321 e. The van der Waals surface area contributed by atoms with E-state index in [1.807, 2.05) is 13.8 Å². The number of carbonyl (C=O) groups excluding carboxylic acids is 1. The highest BCUT2D eigenvalue weighted by Crippen LogP contribution is 2.21. The lowest BCUT2D eigenvalue weighted by molar-refractivity contribution is 0.102. The lowest BCUT2D eigenvalue weighted by Crippen LogP contribution is -2.29. The summed E-state index contributed by atoms with van der Waals surface area (Å²) in [4.78, 5) is 26.1. The van der Waals surface area contributed by atoms with Crippen molar-refractivity contribution in [1.82, 2.24) is 9.78 Å². The molecule has 8 nitrogen and oxygen atoms in total. The molecule has 0 saturated heterocycles. The molecule has 2 N–H and O–H groups in total. The van der Waals surface area contributed by atoms with Gasteiger partial charge in [-0.1, -0.05) is 56.3 Å². The number of anilines is 2. The van der Waals surface area contributed by atoms with E-state index in [2.05, 4.69) is 15.1 Å². The van der Waals surface area contributed by atoms with Crippen LogP contribution in [0.2, 0.25) is 0 Å². The van der Waals surface area contributed by atoms with E-state index in [0.29, 0.717) is 28.7 Å². The number of nitrogens with zero attached hydrogens (tertiary/aromatic N) is 2. The van der Waals surface area contributed by atoms with Crippen LogP contribution in [0.4, 0.5) is 11.4 Å². The second-order valence-corrected chi connectivity index (χ2v) is 9.91. The van der Waals surface area contributed by atoms with Gasteiger partial charge in [0.05, 0.1) is 16.0 Å². The molecule has 0 bridgehead atoms. The van der Waals surface area contributed by atoms with E-state index in [4.69, 9.17) is 0 Å². The van der Waals surface area contributed by atoms with Crippen LogP contribution in [0.3, 0.4) is 0 Å². The Kier molecular flexibility index (Phi) is 6.47. The number of fused-ring (bicyclic) bond motifs is 1. The summed E-state index contributed by atoms with van der Waals surface area (Å²) in [7, 11) is -3.77. The molecule has 0 aliphatic heterocycles. The normalized spacial score (nSPS) is 11.5. The molecule has 0 aliphatic carbocycles. The quantitative estimate of drug-likeness (QED) is 0.417. The van der Waals surface area contributed by atoms with E-state index in [1.54, 1.807) is 60.7 Å². The molecule has 0 unspecified atom stereocenters. The molecule has 3 aromatic carbocycles. The second-order valence-electron chi connectivity index (χ2n) is 8.23. The summed E-state index contributed by atoms with van der Waals surface area (Å²) in [6, 6.07) is 21.2. The molecule has 1 amide bonds. The van der Waals surface area contributed by atoms with E-state index >= 15 is 0 Å². The first-order valence-corrected chi connectivity index (χ1v) is 12.2. The van der Waals surface area contributed by atoms with Crippen LogP contribution < -0.4 is 15.6 Å². The number of benzene rings is 3. The van der Waals surface area contributed by atoms with E-state index in [0.717, 1.165) is 0 Å². The summed E-state index contributed by atoms with van der Waals surface area (Å²) < 4.78 is 29.1. The zero-order valence-corrected chi connectivity index (χ0v) is 19.5. The Morgan fingerprint density at radius 1 is 0.912 bits per heavy atom. The van der Waals surface area contributed by atoms with Crippen LogP contribution >= 0.6 is 0 Å². The molecule has 1 aromatic heterocycles. The predicted octanol–water partition coefficient (Wildman–Crippen LogP) is 4.11. The monoisotopic (exact) mass is 476 g/mol. The van der Waals surface area contributed by atoms with Crippen molar-refractivity contribution >= 4 is 38.1 Å². The Hall–Kier alpha value is -3.98. The smallest absolute Gasteiger partial charge is 0.276 e. The molecular weight excluding hydrogens is 452 g/mol. The maximum atomic E-state index is 13.2. The first kappa shape index (κ1) is 23.2. The van der Waals surface area contributed by atoms with Crippen LogP contribution in [-0.2, 0) is 16.6 Å². The van der Waals surface area contributed by atoms with Crippen LogP contribution in [0.1, 0.15) is 24.3 Å². The van der Waals surface area contributed by atoms with Gasteiger partial charge in [-0.15, -0.1) is 0 Å². The number of nitrogens with one attached hydrogen (secondary N) is 2. The van der Waals surface area contributed by atoms with Gasteiger partial charge in [-0.25, -0.2) is 13.1 Å². The van der Waals surface area contributed by atoms with E-state index in [1.165, 1.54) is 22.9 Å². The van der Waals surface area contributed by atoms with Gasteiger partial charge in [0.15, 0.2) is 5.69 Å². The number of carbonyl (C=O) groups is 1. The number of rotatable bonds is 7. The Morgan fingerprint density at radius 2 is 1.56 bits per heavy atom. The molecule has 9 heteroatoms. The molecule has 0 saturated carbocycles. The number of amides is 1. The van der Waals surface area contributed by atoms with Gasteiger partial charge >= 0.3 is 0 Å². The van der Waals surface area contributed by atoms with Crippen molar-refractivity contribution in [3.63, 3.8) is 0 Å². The molecule has 34 heavy (non-hydrogen) atoms. The van der Waals surface area contributed by atoms with E-state index in [9.17, 15) is 18.0 Å². The standard InChI is InChI=1S/C25H24N4O4S/c1-17(2)16-29-25(31)22-14-7-6-13-21(22)23(27-29)24(30)26-18-9-8-10-19(15-18)28-34(32,33)20-11-4-3-5-12-20/h3-15,17,28H,16H2,1-2H3,(H,26,30). The van der Waals surface area contributed by atoms with Crippen LogP contribution in [0.15, 0.2) is 88.6 Å². The summed E-state index contributed by atoms with van der Waals surface area (Å²) in [5.74, 6) is -0.339. The van der Waals surface area contributed by atoms with Gasteiger partial charge in [0, 0.05) is 17.6 Å². The molecule has 1 heterocycles. The van der Waals surface area contributed by atoms with Crippen molar-refractivity contribution in [1.29, 1.82) is 0 Å². The topological polar surface area (TPSA) is 110 Å². The molecule has 4 aromatic rings. The largest absolute Gasteiger partial charge is 0.321 e. The van der Waals surface area contributed by atoms with Crippen LogP contribution in [0.25, 0.3) is 10.8 Å². The zero-order chi connectivity index (χ0) is 24.3. The minimum absolute atomic E-state index is 0.117. The maximum absolute atomic E-state index is 13.2. The average Bonchev–Trinajstić information content (AvgIpc) is 2.81. The first-order chi connectivity index (χ1) is 16.2. The van der Waals surface area contributed by atoms with Crippen LogP contribution in [0, 0.1) is 5.92 Å². The summed E-state index contributed by atoms with van der Waals surface area (Å²) in [5.41, 5.74) is 0.541. The minimum atomic E-state index is -3.77. The van der Waals surface area contributed by atoms with Crippen LogP contribution in [-0.4, -0.2) is 24.1 Å². The van der Waals surface area contributed by atoms with Gasteiger partial charge in [-0.3, -0.25) is 14.3 Å². The van der Waals surface area contributed by atoms with E-state index < -0.39 is 15.9 Å². The Labute approximate surface area is 197 Å². The molecule has 0 radical (unpaired) electrons. The van der Waals surface area contributed by atoms with Crippen molar-refractivity contribution in [2.45, 2.75) is 25.3 Å². The molecule has 4 rings (SSSR count). The second kappa shape index (κ2) is 9.48. The fraction of sp³-hybridized carbons (Fsp3) is 0.160. The van der Waals surface area contributed by atoms with Crippen molar-refractivity contribution in [2.75, 3.05) is 10.0 Å². The summed E-state index contributed by atoms with van der Waals surface area (Å²) in [6.45, 7) is 4.30. The van der Waals surface area contributed by atoms with Gasteiger partial charge < -0.3 is 5.32 Å². The third kappa shape index (κ3) is 4.99. The highest BCUT2D eigenvalue weighted by Gasteiger charge is 2.18. The molecule has 0 atom stereocenters. The van der Waals surface area contributed by atoms with Crippen LogP contribution in [0.5, 0.6) is 0 Å². The van der Waals surface area contributed by atoms with Gasteiger partial charge in [-0.2, -0.15) is 5.10 Å². The molecule has 0 spiro atoms. The molecular formula is C25H24N4O4S. The average molecular weight is 477 g/mol. The van der Waals surface area contributed by atoms with Crippen molar-refractivity contribution in [3.8, 4) is 0 Å². The lowest BCUT2D eigenvalue weighted by atomic mass is 10.1. The van der Waals surface area contributed by atoms with Gasteiger partial charge in [-0.05, 0) is 42.3 Å². The summed E-state index contributed by atoms with van der Waals surface area (Å²) in [5, 5.41) is 7.96. The van der Waals surface area contributed by atoms with Gasteiger partial charge in [0.2, 0.25) is 0 Å². The van der Waals surface area contributed by atoms with Crippen molar-refractivity contribution in [2.24, 2.45) is 5.92 Å². The number of hydrogen-bond donors (Lipinski definition) is 2. The third-order valence-electron chi connectivity index (χ3n) is 5.05. The Bertz CT molecular complexity index is 1510. The SMILES string of the molecule is CC(C)Cn1nc(C(=O)Nc2cccc(NS(=O)(=O)c3ccccc3)c2)c2ccccc2c1=O. The summed E-state index contributed by atoms with van der Waals surface area (Å²) >= 11 is 0. The van der Waals surface area contributed by atoms with E-state index in [-0.39, 0.29) is 22.1 Å². The summed E-state index contributed by atoms with van der Waals surface area (Å²) in [6.07, 6.45) is 0. The third-order valence-corrected chi connectivity index (χ3v) is 6.44. The molecule has 174 valence electrons. The zero-order valence-electron chi connectivity index (χ0n) is 18.7. The van der Waals surface area contributed by atoms with Gasteiger partial charge in [0.25, 0.3) is 21.5 Å². The lowest BCUT2D eigenvalue weighted by Gasteiger charge is -2.13. The molecule has 0 fully saturated rings. The maximum Gasteiger partial charge on any atom is 0.276 e. The van der Waals surface area contributed by atoms with Crippen molar-refractivity contribution in [3.05, 3.63) is 94.9 Å². The van der Waals surface area contributed by atoms with Crippen molar-refractivity contribution < 1.29 is 13.2 Å². The number of hydrogen-bond acceptors (Lipinski definition) is 5. The highest BCUT2D eigenvalue weighted by molar-refractivity contribution is 7.92. The number of sulfonamides is 1. The first-order valence-electron chi connectivity index (χ1n) is 10.7. The predicted molar refractivity (Wildman–Crippen MR) is 132 cm³/mol. The fourth-order valence-corrected chi connectivity index (χ4v) is 4.61. The van der Waals surface area contributed by atoms with Gasteiger partial charge in [0.1, 0.15) is 0 Å². The highest BCUT2D eigenvalue weighted by atomic mass is 32.2. The molecule has 0 aliphatic rings. The Morgan fingerprint density at radius 3 is 2.26 bits per heavy atom. The Balaban J connectivity index is 1.64. The fourth-order valence-electron chi connectivity index (χ4n) is 3.54. The number of aromatic nitrogens is 2.